The Morgan fingerprint density at radius 1 is 0.426 bits per heavy atom. The van der Waals surface area contributed by atoms with Crippen LogP contribution in [0.4, 0.5) is 17.1 Å². The fourth-order valence-electron chi connectivity index (χ4n) is 7.24. The third kappa shape index (κ3) is 4.21. The van der Waals surface area contributed by atoms with E-state index in [0.717, 1.165) is 62.1 Å². The molecule has 7 aromatic carbocycles. The molecule has 0 spiro atoms. The first-order chi connectivity index (χ1) is 23.3. The zero-order chi connectivity index (χ0) is 30.9. The smallest absolute Gasteiger partial charge is 0.260 e. The van der Waals surface area contributed by atoms with Crippen molar-refractivity contribution in [3.8, 4) is 34.1 Å². The second kappa shape index (κ2) is 10.4. The molecule has 0 unspecified atom stereocenters. The van der Waals surface area contributed by atoms with Gasteiger partial charge in [-0.25, -0.2) is 0 Å². The maximum Gasteiger partial charge on any atom is 0.260 e. The first-order valence-corrected chi connectivity index (χ1v) is 16.7. The molecule has 0 amide bonds. The van der Waals surface area contributed by atoms with Gasteiger partial charge in [0, 0.05) is 48.8 Å². The number of hydrogen-bond acceptors (Lipinski definition) is 4. The van der Waals surface area contributed by atoms with Crippen LogP contribution in [0.25, 0.3) is 31.3 Å². The van der Waals surface area contributed by atoms with Crippen LogP contribution in [0.1, 0.15) is 0 Å². The molecule has 1 aromatic heterocycles. The third-order valence-corrected chi connectivity index (χ3v) is 10.5. The monoisotopic (exact) mass is 619 g/mol. The van der Waals surface area contributed by atoms with Gasteiger partial charge in [-0.2, -0.15) is 0 Å². The van der Waals surface area contributed by atoms with E-state index >= 15 is 0 Å². The molecule has 0 aliphatic carbocycles. The van der Waals surface area contributed by atoms with E-state index in [-0.39, 0.29) is 6.71 Å². The molecule has 0 fully saturated rings. The van der Waals surface area contributed by atoms with Gasteiger partial charge >= 0.3 is 0 Å². The largest absolute Gasteiger partial charge is 0.458 e. The fourth-order valence-corrected chi connectivity index (χ4v) is 8.36. The Labute approximate surface area is 277 Å². The Morgan fingerprint density at radius 3 is 1.74 bits per heavy atom. The lowest BCUT2D eigenvalue weighted by Gasteiger charge is -2.34. The number of nitrogens with zero attached hydrogens (tertiary/aromatic N) is 1. The van der Waals surface area contributed by atoms with Crippen LogP contribution < -0.4 is 30.8 Å². The highest BCUT2D eigenvalue weighted by atomic mass is 32.1. The molecule has 0 bridgehead atoms. The maximum atomic E-state index is 6.90. The van der Waals surface area contributed by atoms with E-state index in [1.165, 1.54) is 25.6 Å². The summed E-state index contributed by atoms with van der Waals surface area (Å²) in [4.78, 5) is 2.28. The highest BCUT2D eigenvalue weighted by Crippen LogP contribution is 2.43. The van der Waals surface area contributed by atoms with Crippen molar-refractivity contribution in [2.75, 3.05) is 4.90 Å². The second-order valence-electron chi connectivity index (χ2n) is 12.1. The van der Waals surface area contributed by atoms with Crippen molar-refractivity contribution in [3.63, 3.8) is 0 Å². The summed E-state index contributed by atoms with van der Waals surface area (Å²) >= 11 is 1.82. The number of rotatable bonds is 4. The highest BCUT2D eigenvalue weighted by Gasteiger charge is 2.41. The zero-order valence-corrected chi connectivity index (χ0v) is 26.1. The number of benzene rings is 7. The average Bonchev–Trinajstić information content (AvgIpc) is 3.49. The van der Waals surface area contributed by atoms with Crippen LogP contribution in [0.3, 0.4) is 0 Å². The molecule has 0 saturated carbocycles. The first-order valence-electron chi connectivity index (χ1n) is 15.9. The zero-order valence-electron chi connectivity index (χ0n) is 25.3. The van der Waals surface area contributed by atoms with Gasteiger partial charge in [-0.3, -0.25) is 0 Å². The molecular formula is C42H26BNO2S. The SMILES string of the molecule is c1ccc(-c2cc3c4c(c2)Oc2cc5sc6ccccc6c5cc2B4c2ccc(N(c4ccccc4)c4ccccc4)cc2O3)cc1. The lowest BCUT2D eigenvalue weighted by molar-refractivity contribution is 0.465. The lowest BCUT2D eigenvalue weighted by Crippen LogP contribution is -2.57. The molecule has 47 heavy (non-hydrogen) atoms. The van der Waals surface area contributed by atoms with E-state index in [0.29, 0.717) is 0 Å². The Hall–Kier alpha value is -5.78. The van der Waals surface area contributed by atoms with Gasteiger partial charge in [0.25, 0.3) is 6.71 Å². The van der Waals surface area contributed by atoms with E-state index in [1.807, 2.05) is 17.4 Å². The molecule has 5 heteroatoms. The van der Waals surface area contributed by atoms with Crippen LogP contribution >= 0.6 is 11.3 Å². The van der Waals surface area contributed by atoms with Crippen molar-refractivity contribution in [1.82, 2.24) is 0 Å². The Morgan fingerprint density at radius 2 is 1.04 bits per heavy atom. The minimum Gasteiger partial charge on any atom is -0.458 e. The summed E-state index contributed by atoms with van der Waals surface area (Å²) in [6, 6.07) is 55.7. The van der Waals surface area contributed by atoms with Crippen LogP contribution in [-0.4, -0.2) is 6.71 Å². The highest BCUT2D eigenvalue weighted by molar-refractivity contribution is 7.25. The summed E-state index contributed by atoms with van der Waals surface area (Å²) in [6.45, 7) is -0.0312. The van der Waals surface area contributed by atoms with Crippen LogP contribution in [0.2, 0.25) is 0 Å². The summed E-state index contributed by atoms with van der Waals surface area (Å²) in [6.07, 6.45) is 0. The average molecular weight is 620 g/mol. The summed E-state index contributed by atoms with van der Waals surface area (Å²) in [5.41, 5.74) is 8.80. The van der Waals surface area contributed by atoms with E-state index in [1.54, 1.807) is 0 Å². The molecule has 220 valence electrons. The molecule has 3 heterocycles. The summed E-state index contributed by atoms with van der Waals surface area (Å²) < 4.78 is 16.2. The predicted octanol–water partition coefficient (Wildman–Crippen LogP) is 9.92. The van der Waals surface area contributed by atoms with E-state index in [2.05, 4.69) is 157 Å². The number of anilines is 3. The van der Waals surface area contributed by atoms with Crippen molar-refractivity contribution >= 4 is 71.7 Å². The molecule has 2 aliphatic rings. The standard InChI is InChI=1S/C42H26BNO2S/c1-4-12-27(13-5-1)28-22-38-42-39(23-28)46-37-26-41-33(32-18-10-11-19-40(32)47-41)25-35(37)43(42)34-21-20-31(24-36(34)45-38)44(29-14-6-2-7-15-29)30-16-8-3-9-17-30/h1-26H. The molecule has 3 nitrogen and oxygen atoms in total. The van der Waals surface area contributed by atoms with Crippen molar-refractivity contribution < 1.29 is 9.47 Å². The molecule has 0 radical (unpaired) electrons. The minimum absolute atomic E-state index is 0.0312. The van der Waals surface area contributed by atoms with Crippen molar-refractivity contribution in [2.24, 2.45) is 0 Å². The molecule has 10 rings (SSSR count). The van der Waals surface area contributed by atoms with Crippen molar-refractivity contribution in [2.45, 2.75) is 0 Å². The van der Waals surface area contributed by atoms with Gasteiger partial charge in [-0.05, 0) is 76.6 Å². The van der Waals surface area contributed by atoms with Gasteiger partial charge in [-0.1, -0.05) is 97.1 Å². The van der Waals surface area contributed by atoms with Crippen LogP contribution in [-0.2, 0) is 0 Å². The third-order valence-electron chi connectivity index (χ3n) is 9.36. The lowest BCUT2D eigenvalue weighted by atomic mass is 9.34. The molecular weight excluding hydrogens is 593 g/mol. The predicted molar refractivity (Wildman–Crippen MR) is 197 cm³/mol. The van der Waals surface area contributed by atoms with E-state index < -0.39 is 0 Å². The maximum absolute atomic E-state index is 6.90. The van der Waals surface area contributed by atoms with Crippen LogP contribution in [0.15, 0.2) is 158 Å². The summed E-state index contributed by atoms with van der Waals surface area (Å²) in [7, 11) is 0. The number of ether oxygens (including phenoxy) is 2. The van der Waals surface area contributed by atoms with E-state index in [9.17, 15) is 0 Å². The van der Waals surface area contributed by atoms with E-state index in [4.69, 9.17) is 9.47 Å². The topological polar surface area (TPSA) is 21.7 Å². The first kappa shape index (κ1) is 26.4. The summed E-state index contributed by atoms with van der Waals surface area (Å²) in [5, 5.41) is 2.55. The Bertz CT molecular complexity index is 2440. The van der Waals surface area contributed by atoms with Gasteiger partial charge in [0.05, 0.1) is 0 Å². The molecule has 2 aliphatic heterocycles. The minimum atomic E-state index is -0.0312. The quantitative estimate of drug-likeness (QED) is 0.183. The number of para-hydroxylation sites is 2. The van der Waals surface area contributed by atoms with Crippen LogP contribution in [0.5, 0.6) is 23.0 Å². The molecule has 0 atom stereocenters. The second-order valence-corrected chi connectivity index (χ2v) is 13.2. The molecule has 0 N–H and O–H groups in total. The van der Waals surface area contributed by atoms with Gasteiger partial charge in [0.2, 0.25) is 0 Å². The molecule has 8 aromatic rings. The normalized spacial score (nSPS) is 12.6. The number of fused-ring (bicyclic) bond motifs is 7. The summed E-state index contributed by atoms with van der Waals surface area (Å²) in [5.74, 6) is 3.45. The molecule has 0 saturated heterocycles. The van der Waals surface area contributed by atoms with Crippen LogP contribution in [0, 0.1) is 0 Å². The van der Waals surface area contributed by atoms with Gasteiger partial charge in [0.15, 0.2) is 0 Å². The van der Waals surface area contributed by atoms with Gasteiger partial charge in [0.1, 0.15) is 23.0 Å². The number of hydrogen-bond donors (Lipinski definition) is 0. The number of thiophene rings is 1. The van der Waals surface area contributed by atoms with Gasteiger partial charge in [-0.15, -0.1) is 11.3 Å². The Balaban J connectivity index is 1.20. The van der Waals surface area contributed by atoms with Crippen molar-refractivity contribution in [1.29, 1.82) is 0 Å². The fraction of sp³-hybridized carbons (Fsp3) is 0. The van der Waals surface area contributed by atoms with Crippen molar-refractivity contribution in [3.05, 3.63) is 158 Å². The van der Waals surface area contributed by atoms with Gasteiger partial charge < -0.3 is 14.4 Å². The Kier molecular flexibility index (Phi) is 5.84.